The molecule has 0 atom stereocenters. The number of oxazole rings is 1. The van der Waals surface area contributed by atoms with E-state index >= 15 is 0 Å². The largest absolute Gasteiger partial charge is 0.443 e. The molecule has 0 aliphatic carbocycles. The molecule has 1 aromatic carbocycles. The summed E-state index contributed by atoms with van der Waals surface area (Å²) >= 11 is 0. The van der Waals surface area contributed by atoms with Gasteiger partial charge in [-0.2, -0.15) is 0 Å². The molecule has 1 amide bonds. The highest BCUT2D eigenvalue weighted by atomic mass is 16.3. The number of aryl methyl sites for hydroxylation is 1. The molecule has 7 nitrogen and oxygen atoms in total. The Labute approximate surface area is 133 Å². The molecule has 3 aromatic rings. The lowest BCUT2D eigenvalue weighted by molar-refractivity contribution is 0.102. The zero-order valence-corrected chi connectivity index (χ0v) is 12.7. The standard InChI is InChI=1S/C16H17N5O2/c1-11-3-2-4-12(7-11)15-14(19-10-23-15)16(22)20-13-8-21(6-5-17)9-18-13/h2-4,7-10H,5-6,17H2,1H3,(H,20,22). The van der Waals surface area contributed by atoms with Crippen molar-refractivity contribution in [3.8, 4) is 11.3 Å². The summed E-state index contributed by atoms with van der Waals surface area (Å²) in [5.74, 6) is 0.516. The Morgan fingerprint density at radius 1 is 1.39 bits per heavy atom. The summed E-state index contributed by atoms with van der Waals surface area (Å²) < 4.78 is 7.20. The molecular weight excluding hydrogens is 294 g/mol. The Bertz CT molecular complexity index is 821. The number of rotatable bonds is 5. The molecule has 0 unspecified atom stereocenters. The van der Waals surface area contributed by atoms with E-state index in [1.165, 1.54) is 6.39 Å². The topological polar surface area (TPSA) is 99.0 Å². The molecule has 0 bridgehead atoms. The number of amides is 1. The Kier molecular flexibility index (Phi) is 4.20. The minimum absolute atomic E-state index is 0.226. The van der Waals surface area contributed by atoms with Gasteiger partial charge < -0.3 is 20.0 Å². The molecule has 0 spiro atoms. The van der Waals surface area contributed by atoms with Crippen LogP contribution in [-0.2, 0) is 6.54 Å². The molecule has 0 saturated heterocycles. The predicted octanol–water partition coefficient (Wildman–Crippen LogP) is 2.06. The van der Waals surface area contributed by atoms with Crippen molar-refractivity contribution in [1.82, 2.24) is 14.5 Å². The van der Waals surface area contributed by atoms with E-state index in [-0.39, 0.29) is 11.6 Å². The molecular formula is C16H17N5O2. The first kappa shape index (κ1) is 15.0. The van der Waals surface area contributed by atoms with Crippen LogP contribution in [0.4, 0.5) is 5.82 Å². The molecule has 0 saturated carbocycles. The van der Waals surface area contributed by atoms with Gasteiger partial charge >= 0.3 is 0 Å². The van der Waals surface area contributed by atoms with Gasteiger partial charge in [-0.3, -0.25) is 4.79 Å². The summed E-state index contributed by atoms with van der Waals surface area (Å²) in [5, 5.41) is 2.71. The van der Waals surface area contributed by atoms with Gasteiger partial charge in [0.2, 0.25) is 0 Å². The van der Waals surface area contributed by atoms with Gasteiger partial charge in [0, 0.05) is 24.8 Å². The van der Waals surface area contributed by atoms with Crippen molar-refractivity contribution in [2.24, 2.45) is 5.73 Å². The highest BCUT2D eigenvalue weighted by Gasteiger charge is 2.19. The first-order valence-corrected chi connectivity index (χ1v) is 7.21. The van der Waals surface area contributed by atoms with Crippen molar-refractivity contribution < 1.29 is 9.21 Å². The van der Waals surface area contributed by atoms with Gasteiger partial charge in [0.05, 0.1) is 6.33 Å². The fraction of sp³-hybridized carbons (Fsp3) is 0.188. The van der Waals surface area contributed by atoms with Crippen LogP contribution >= 0.6 is 0 Å². The molecule has 0 aliphatic heterocycles. The average Bonchev–Trinajstić information content (AvgIpc) is 3.17. The van der Waals surface area contributed by atoms with Crippen LogP contribution in [0.3, 0.4) is 0 Å². The van der Waals surface area contributed by atoms with Gasteiger partial charge in [-0.1, -0.05) is 23.8 Å². The van der Waals surface area contributed by atoms with E-state index < -0.39 is 0 Å². The first-order valence-electron chi connectivity index (χ1n) is 7.21. The highest BCUT2D eigenvalue weighted by molar-refractivity contribution is 6.05. The van der Waals surface area contributed by atoms with Gasteiger partial charge in [0.1, 0.15) is 0 Å². The zero-order valence-electron chi connectivity index (χ0n) is 12.7. The number of imidazole rings is 1. The van der Waals surface area contributed by atoms with Crippen molar-refractivity contribution in [2.45, 2.75) is 13.5 Å². The summed E-state index contributed by atoms with van der Waals surface area (Å²) in [6.07, 6.45) is 4.60. The normalized spacial score (nSPS) is 10.7. The number of carbonyl (C=O) groups is 1. The quantitative estimate of drug-likeness (QED) is 0.751. The molecule has 2 aromatic heterocycles. The Balaban J connectivity index is 1.82. The van der Waals surface area contributed by atoms with Crippen LogP contribution in [0.15, 0.2) is 47.6 Å². The number of nitrogens with one attached hydrogen (secondary N) is 1. The van der Waals surface area contributed by atoms with Gasteiger partial charge in [-0.25, -0.2) is 9.97 Å². The van der Waals surface area contributed by atoms with Crippen molar-refractivity contribution in [1.29, 1.82) is 0 Å². The minimum atomic E-state index is -0.367. The monoisotopic (exact) mass is 311 g/mol. The molecule has 7 heteroatoms. The van der Waals surface area contributed by atoms with Crippen molar-refractivity contribution in [3.63, 3.8) is 0 Å². The average molecular weight is 311 g/mol. The van der Waals surface area contributed by atoms with Crippen molar-refractivity contribution in [3.05, 3.63) is 54.4 Å². The summed E-state index contributed by atoms with van der Waals surface area (Å²) in [6, 6.07) is 7.70. The van der Waals surface area contributed by atoms with Gasteiger partial charge in [-0.15, -0.1) is 0 Å². The second-order valence-corrected chi connectivity index (χ2v) is 5.14. The maximum Gasteiger partial charge on any atom is 0.279 e. The van der Waals surface area contributed by atoms with E-state index in [9.17, 15) is 4.79 Å². The van der Waals surface area contributed by atoms with Gasteiger partial charge in [0.15, 0.2) is 23.7 Å². The van der Waals surface area contributed by atoms with Crippen LogP contribution in [-0.4, -0.2) is 27.0 Å². The Hall–Kier alpha value is -2.93. The minimum Gasteiger partial charge on any atom is -0.443 e. The van der Waals surface area contributed by atoms with Gasteiger partial charge in [0.25, 0.3) is 5.91 Å². The van der Waals surface area contributed by atoms with Crippen molar-refractivity contribution >= 4 is 11.7 Å². The van der Waals surface area contributed by atoms with Crippen LogP contribution in [0.2, 0.25) is 0 Å². The second kappa shape index (κ2) is 6.45. The third-order valence-electron chi connectivity index (χ3n) is 3.32. The van der Waals surface area contributed by atoms with E-state index in [1.807, 2.05) is 31.2 Å². The third kappa shape index (κ3) is 3.29. The first-order chi connectivity index (χ1) is 11.2. The predicted molar refractivity (Wildman–Crippen MR) is 85.9 cm³/mol. The molecule has 118 valence electrons. The van der Waals surface area contributed by atoms with Crippen molar-refractivity contribution in [2.75, 3.05) is 11.9 Å². The number of nitrogens with zero attached hydrogens (tertiary/aromatic N) is 3. The van der Waals surface area contributed by atoms with E-state index in [2.05, 4.69) is 15.3 Å². The molecule has 23 heavy (non-hydrogen) atoms. The molecule has 3 N–H and O–H groups in total. The maximum atomic E-state index is 12.4. The second-order valence-electron chi connectivity index (χ2n) is 5.14. The van der Waals surface area contributed by atoms with Crippen LogP contribution in [0.5, 0.6) is 0 Å². The fourth-order valence-electron chi connectivity index (χ4n) is 2.27. The van der Waals surface area contributed by atoms with E-state index in [1.54, 1.807) is 17.1 Å². The van der Waals surface area contributed by atoms with Crippen LogP contribution < -0.4 is 11.1 Å². The number of hydrogen-bond acceptors (Lipinski definition) is 5. The zero-order chi connectivity index (χ0) is 16.2. The van der Waals surface area contributed by atoms with E-state index in [4.69, 9.17) is 10.2 Å². The summed E-state index contributed by atoms with van der Waals surface area (Å²) in [6.45, 7) is 3.12. The van der Waals surface area contributed by atoms with Crippen LogP contribution in [0.1, 0.15) is 16.1 Å². The molecule has 2 heterocycles. The lowest BCUT2D eigenvalue weighted by atomic mass is 10.1. The molecule has 3 rings (SSSR count). The smallest absolute Gasteiger partial charge is 0.279 e. The Morgan fingerprint density at radius 3 is 3.04 bits per heavy atom. The number of carbonyl (C=O) groups excluding carboxylic acids is 1. The molecule has 0 fully saturated rings. The maximum absolute atomic E-state index is 12.4. The van der Waals surface area contributed by atoms with E-state index in [0.29, 0.717) is 24.7 Å². The number of anilines is 1. The van der Waals surface area contributed by atoms with Crippen LogP contribution in [0.25, 0.3) is 11.3 Å². The highest BCUT2D eigenvalue weighted by Crippen LogP contribution is 2.24. The number of aromatic nitrogens is 3. The lowest BCUT2D eigenvalue weighted by Crippen LogP contribution is -2.14. The Morgan fingerprint density at radius 2 is 2.26 bits per heavy atom. The number of hydrogen-bond donors (Lipinski definition) is 2. The number of benzene rings is 1. The molecule has 0 radical (unpaired) electrons. The molecule has 0 aliphatic rings. The van der Waals surface area contributed by atoms with E-state index in [0.717, 1.165) is 11.1 Å². The summed E-state index contributed by atoms with van der Waals surface area (Å²) in [7, 11) is 0. The lowest BCUT2D eigenvalue weighted by Gasteiger charge is -2.03. The summed E-state index contributed by atoms with van der Waals surface area (Å²) in [5.41, 5.74) is 7.59. The van der Waals surface area contributed by atoms with Crippen LogP contribution in [0, 0.1) is 6.92 Å². The third-order valence-corrected chi connectivity index (χ3v) is 3.32. The fourth-order valence-corrected chi connectivity index (χ4v) is 2.27. The van der Waals surface area contributed by atoms with Gasteiger partial charge in [-0.05, 0) is 13.0 Å². The number of nitrogens with two attached hydrogens (primary N) is 1. The summed E-state index contributed by atoms with van der Waals surface area (Å²) in [4.78, 5) is 20.6. The SMILES string of the molecule is Cc1cccc(-c2ocnc2C(=O)Nc2cn(CCN)cn2)c1.